The van der Waals surface area contributed by atoms with E-state index in [-0.39, 0.29) is 17.6 Å². The molecule has 0 radical (unpaired) electrons. The van der Waals surface area contributed by atoms with Crippen LogP contribution >= 0.6 is 0 Å². The van der Waals surface area contributed by atoms with Crippen molar-refractivity contribution in [3.8, 4) is 17.0 Å². The lowest BCUT2D eigenvalue weighted by molar-refractivity contribution is -0.0494. The van der Waals surface area contributed by atoms with E-state index in [1.165, 1.54) is 6.07 Å². The molecule has 0 atom stereocenters. The van der Waals surface area contributed by atoms with Gasteiger partial charge in [0.1, 0.15) is 11.4 Å². The maximum absolute atomic E-state index is 12.4. The number of aromatic nitrogens is 1. The fourth-order valence-corrected chi connectivity index (χ4v) is 1.92. The van der Waals surface area contributed by atoms with Gasteiger partial charge in [-0.25, -0.2) is 0 Å². The number of nitrogens with two attached hydrogens (primary N) is 1. The average molecular weight is 268 g/mol. The number of nitrogens with zero attached hydrogens (tertiary/aromatic N) is 1. The molecule has 0 saturated heterocycles. The van der Waals surface area contributed by atoms with Crippen molar-refractivity contribution in [3.63, 3.8) is 0 Å². The van der Waals surface area contributed by atoms with Crippen LogP contribution in [0.1, 0.15) is 25.3 Å². The van der Waals surface area contributed by atoms with Crippen LogP contribution < -0.4 is 10.5 Å². The van der Waals surface area contributed by atoms with Gasteiger partial charge in [-0.15, -0.1) is 0 Å². The summed E-state index contributed by atoms with van der Waals surface area (Å²) in [7, 11) is 0. The van der Waals surface area contributed by atoms with Gasteiger partial charge in [0.15, 0.2) is 0 Å². The van der Waals surface area contributed by atoms with Crippen molar-refractivity contribution in [1.82, 2.24) is 5.16 Å². The van der Waals surface area contributed by atoms with E-state index in [4.69, 9.17) is 10.3 Å². The Bertz CT molecular complexity index is 568. The molecule has 6 heteroatoms. The second-order valence-electron chi connectivity index (χ2n) is 4.34. The van der Waals surface area contributed by atoms with Gasteiger partial charge in [0.05, 0.1) is 0 Å². The molecule has 0 aliphatic rings. The lowest BCUT2D eigenvalue weighted by Gasteiger charge is -2.10. The van der Waals surface area contributed by atoms with Crippen LogP contribution in [0.25, 0.3) is 11.3 Å². The van der Waals surface area contributed by atoms with Crippen molar-refractivity contribution in [1.29, 1.82) is 0 Å². The van der Waals surface area contributed by atoms with E-state index >= 15 is 0 Å². The number of halogens is 2. The molecule has 0 bridgehead atoms. The molecule has 1 aromatic carbocycles. The van der Waals surface area contributed by atoms with Crippen molar-refractivity contribution in [2.45, 2.75) is 26.4 Å². The first-order chi connectivity index (χ1) is 9.00. The molecule has 0 spiro atoms. The van der Waals surface area contributed by atoms with E-state index in [9.17, 15) is 8.78 Å². The number of nitrogen functional groups attached to an aromatic ring is 1. The number of hydrogen-bond donors (Lipinski definition) is 1. The third-order valence-electron chi connectivity index (χ3n) is 2.69. The molecule has 102 valence electrons. The topological polar surface area (TPSA) is 61.3 Å². The number of anilines is 1. The molecule has 0 unspecified atom stereocenters. The zero-order valence-corrected chi connectivity index (χ0v) is 10.6. The molecular formula is C13H14F2N2O2. The largest absolute Gasteiger partial charge is 0.434 e. The number of para-hydroxylation sites is 1. The Morgan fingerprint density at radius 2 is 1.95 bits per heavy atom. The van der Waals surface area contributed by atoms with Gasteiger partial charge < -0.3 is 15.0 Å². The van der Waals surface area contributed by atoms with Crippen LogP contribution in [0, 0.1) is 0 Å². The van der Waals surface area contributed by atoms with Crippen LogP contribution in [0.15, 0.2) is 28.8 Å². The second kappa shape index (κ2) is 5.26. The Morgan fingerprint density at radius 1 is 1.26 bits per heavy atom. The van der Waals surface area contributed by atoms with Gasteiger partial charge in [0.2, 0.25) is 5.88 Å². The predicted molar refractivity (Wildman–Crippen MR) is 67.1 cm³/mol. The minimum atomic E-state index is -2.90. The van der Waals surface area contributed by atoms with Crippen molar-refractivity contribution < 1.29 is 18.0 Å². The molecule has 19 heavy (non-hydrogen) atoms. The quantitative estimate of drug-likeness (QED) is 0.919. The first-order valence-electron chi connectivity index (χ1n) is 5.80. The standard InChI is InChI=1S/C13H14F2N2O2/c1-7(2)10-11(17-19-12(10)16)8-5-3-4-6-9(8)18-13(14)15/h3-7,13H,16H2,1-2H3. The van der Waals surface area contributed by atoms with Crippen LogP contribution in [0.2, 0.25) is 0 Å². The zero-order valence-electron chi connectivity index (χ0n) is 10.6. The third-order valence-corrected chi connectivity index (χ3v) is 2.69. The van der Waals surface area contributed by atoms with E-state index in [1.54, 1.807) is 18.2 Å². The smallest absolute Gasteiger partial charge is 0.387 e. The molecule has 0 amide bonds. The van der Waals surface area contributed by atoms with Crippen LogP contribution in [0.5, 0.6) is 5.75 Å². The number of hydrogen-bond acceptors (Lipinski definition) is 4. The number of rotatable bonds is 4. The summed E-state index contributed by atoms with van der Waals surface area (Å²) in [6, 6.07) is 6.42. The van der Waals surface area contributed by atoms with Crippen molar-refractivity contribution in [3.05, 3.63) is 29.8 Å². The zero-order chi connectivity index (χ0) is 14.0. The molecule has 0 aliphatic carbocycles. The maximum atomic E-state index is 12.4. The van der Waals surface area contributed by atoms with Crippen LogP contribution in [0.4, 0.5) is 14.7 Å². The normalized spacial score (nSPS) is 11.3. The van der Waals surface area contributed by atoms with E-state index in [2.05, 4.69) is 9.89 Å². The fourth-order valence-electron chi connectivity index (χ4n) is 1.92. The Hall–Kier alpha value is -2.11. The molecule has 0 saturated carbocycles. The fraction of sp³-hybridized carbons (Fsp3) is 0.308. The van der Waals surface area contributed by atoms with E-state index in [1.807, 2.05) is 13.8 Å². The van der Waals surface area contributed by atoms with Gasteiger partial charge in [0, 0.05) is 11.1 Å². The Kier molecular flexibility index (Phi) is 3.69. The van der Waals surface area contributed by atoms with Crippen molar-refractivity contribution in [2.75, 3.05) is 5.73 Å². The monoisotopic (exact) mass is 268 g/mol. The number of benzene rings is 1. The molecule has 4 nitrogen and oxygen atoms in total. The van der Waals surface area contributed by atoms with Gasteiger partial charge in [-0.2, -0.15) is 8.78 Å². The highest BCUT2D eigenvalue weighted by molar-refractivity contribution is 5.73. The van der Waals surface area contributed by atoms with Gasteiger partial charge in [-0.1, -0.05) is 31.1 Å². The summed E-state index contributed by atoms with van der Waals surface area (Å²) >= 11 is 0. The van der Waals surface area contributed by atoms with Gasteiger partial charge in [-0.3, -0.25) is 0 Å². The van der Waals surface area contributed by atoms with Crippen molar-refractivity contribution >= 4 is 5.88 Å². The summed E-state index contributed by atoms with van der Waals surface area (Å²) in [5.74, 6) is 0.297. The first-order valence-corrected chi connectivity index (χ1v) is 5.80. The van der Waals surface area contributed by atoms with Gasteiger partial charge >= 0.3 is 6.61 Å². The summed E-state index contributed by atoms with van der Waals surface area (Å²) in [6.07, 6.45) is 0. The Morgan fingerprint density at radius 3 is 2.58 bits per heavy atom. The highest BCUT2D eigenvalue weighted by atomic mass is 19.3. The van der Waals surface area contributed by atoms with Crippen LogP contribution in [-0.4, -0.2) is 11.8 Å². The molecule has 1 heterocycles. The van der Waals surface area contributed by atoms with E-state index in [0.29, 0.717) is 16.8 Å². The Labute approximate surface area is 109 Å². The van der Waals surface area contributed by atoms with Crippen LogP contribution in [-0.2, 0) is 0 Å². The number of alkyl halides is 2. The van der Waals surface area contributed by atoms with Gasteiger partial charge in [0.25, 0.3) is 0 Å². The maximum Gasteiger partial charge on any atom is 0.387 e. The summed E-state index contributed by atoms with van der Waals surface area (Å²) in [5.41, 5.74) is 7.27. The lowest BCUT2D eigenvalue weighted by Crippen LogP contribution is -2.04. The highest BCUT2D eigenvalue weighted by Gasteiger charge is 2.21. The Balaban J connectivity index is 2.53. The molecule has 2 aromatic rings. The number of ether oxygens (including phenoxy) is 1. The minimum absolute atomic E-state index is 0.0488. The van der Waals surface area contributed by atoms with E-state index in [0.717, 1.165) is 0 Å². The summed E-state index contributed by atoms with van der Waals surface area (Å²) < 4.78 is 34.2. The van der Waals surface area contributed by atoms with Crippen molar-refractivity contribution in [2.24, 2.45) is 0 Å². The van der Waals surface area contributed by atoms with Gasteiger partial charge in [-0.05, 0) is 18.1 Å². The highest BCUT2D eigenvalue weighted by Crippen LogP contribution is 2.37. The molecule has 1 aromatic heterocycles. The molecule has 2 rings (SSSR count). The third kappa shape index (κ3) is 2.67. The summed E-state index contributed by atoms with van der Waals surface area (Å²) in [4.78, 5) is 0. The van der Waals surface area contributed by atoms with Crippen LogP contribution in [0.3, 0.4) is 0 Å². The summed E-state index contributed by atoms with van der Waals surface area (Å²) in [6.45, 7) is 0.944. The second-order valence-corrected chi connectivity index (χ2v) is 4.34. The first kappa shape index (κ1) is 13.3. The lowest BCUT2D eigenvalue weighted by atomic mass is 9.98. The molecule has 0 aliphatic heterocycles. The SMILES string of the molecule is CC(C)c1c(-c2ccccc2OC(F)F)noc1N. The predicted octanol–water partition coefficient (Wildman–Crippen LogP) is 3.65. The molecule has 2 N–H and O–H groups in total. The average Bonchev–Trinajstić information content (AvgIpc) is 2.71. The molecule has 0 fully saturated rings. The minimum Gasteiger partial charge on any atom is -0.434 e. The van der Waals surface area contributed by atoms with E-state index < -0.39 is 6.61 Å². The molecular weight excluding hydrogens is 254 g/mol. The summed E-state index contributed by atoms with van der Waals surface area (Å²) in [5, 5.41) is 3.85.